The van der Waals surface area contributed by atoms with Gasteiger partial charge in [-0.15, -0.1) is 12.6 Å². The third-order valence-electron chi connectivity index (χ3n) is 2.32. The Labute approximate surface area is 101 Å². The standard InChI is InChI=1S/C12H17NO2S/c1-9(5-4-8-14)13-12(15)10-6-2-3-7-11(10)16/h2-3,6-7,9,14,16H,4-5,8H2,1H3,(H,13,15). The van der Waals surface area contributed by atoms with Crippen LogP contribution in [0.3, 0.4) is 0 Å². The van der Waals surface area contributed by atoms with Gasteiger partial charge in [-0.05, 0) is 31.9 Å². The average molecular weight is 239 g/mol. The Hall–Kier alpha value is -1.00. The summed E-state index contributed by atoms with van der Waals surface area (Å²) < 4.78 is 0. The zero-order valence-corrected chi connectivity index (χ0v) is 10.2. The number of aliphatic hydroxyl groups is 1. The topological polar surface area (TPSA) is 49.3 Å². The summed E-state index contributed by atoms with van der Waals surface area (Å²) in [5, 5.41) is 11.6. The summed E-state index contributed by atoms with van der Waals surface area (Å²) in [5.41, 5.74) is 0.585. The fourth-order valence-corrected chi connectivity index (χ4v) is 1.70. The summed E-state index contributed by atoms with van der Waals surface area (Å²) in [4.78, 5) is 12.5. The molecule has 0 saturated carbocycles. The Morgan fingerprint density at radius 1 is 1.50 bits per heavy atom. The molecule has 4 heteroatoms. The first kappa shape index (κ1) is 13.1. The molecule has 1 rings (SSSR count). The minimum atomic E-state index is -0.115. The summed E-state index contributed by atoms with van der Waals surface area (Å²) in [5.74, 6) is -0.115. The van der Waals surface area contributed by atoms with Gasteiger partial charge in [0.15, 0.2) is 0 Å². The monoisotopic (exact) mass is 239 g/mol. The fourth-order valence-electron chi connectivity index (χ4n) is 1.44. The molecule has 0 fully saturated rings. The van der Waals surface area contributed by atoms with Crippen LogP contribution in [0.1, 0.15) is 30.1 Å². The molecular formula is C12H17NO2S. The molecule has 0 saturated heterocycles. The van der Waals surface area contributed by atoms with Gasteiger partial charge in [-0.2, -0.15) is 0 Å². The molecule has 0 aliphatic rings. The molecule has 1 unspecified atom stereocenters. The molecule has 88 valence electrons. The number of carbonyl (C=O) groups excluding carboxylic acids is 1. The number of amides is 1. The average Bonchev–Trinajstić information content (AvgIpc) is 2.26. The van der Waals surface area contributed by atoms with Crippen molar-refractivity contribution in [3.8, 4) is 0 Å². The highest BCUT2D eigenvalue weighted by atomic mass is 32.1. The van der Waals surface area contributed by atoms with Crippen LogP contribution in [0.15, 0.2) is 29.2 Å². The fraction of sp³-hybridized carbons (Fsp3) is 0.417. The number of thiol groups is 1. The van der Waals surface area contributed by atoms with Gasteiger partial charge >= 0.3 is 0 Å². The molecule has 0 bridgehead atoms. The Bertz CT molecular complexity index is 355. The summed E-state index contributed by atoms with van der Waals surface area (Å²) in [7, 11) is 0. The van der Waals surface area contributed by atoms with E-state index in [-0.39, 0.29) is 18.6 Å². The summed E-state index contributed by atoms with van der Waals surface area (Å²) in [6, 6.07) is 7.25. The minimum Gasteiger partial charge on any atom is -0.396 e. The van der Waals surface area contributed by atoms with Gasteiger partial charge < -0.3 is 10.4 Å². The second-order valence-electron chi connectivity index (χ2n) is 3.76. The van der Waals surface area contributed by atoms with Crippen molar-refractivity contribution in [2.24, 2.45) is 0 Å². The number of nitrogens with one attached hydrogen (secondary N) is 1. The lowest BCUT2D eigenvalue weighted by atomic mass is 10.1. The first-order chi connectivity index (χ1) is 7.65. The molecule has 0 heterocycles. The number of carbonyl (C=O) groups is 1. The van der Waals surface area contributed by atoms with Gasteiger partial charge in [0, 0.05) is 17.5 Å². The predicted octanol–water partition coefficient (Wildman–Crippen LogP) is 1.87. The van der Waals surface area contributed by atoms with Crippen molar-refractivity contribution in [2.45, 2.75) is 30.7 Å². The SMILES string of the molecule is CC(CCCO)NC(=O)c1ccccc1S. The smallest absolute Gasteiger partial charge is 0.252 e. The molecule has 16 heavy (non-hydrogen) atoms. The van der Waals surface area contributed by atoms with E-state index >= 15 is 0 Å². The van der Waals surface area contributed by atoms with E-state index in [4.69, 9.17) is 5.11 Å². The molecular weight excluding hydrogens is 222 g/mol. The molecule has 1 aromatic rings. The van der Waals surface area contributed by atoms with Crippen LogP contribution in [0.4, 0.5) is 0 Å². The maximum absolute atomic E-state index is 11.8. The Balaban J connectivity index is 2.56. The van der Waals surface area contributed by atoms with Crippen LogP contribution in [0.2, 0.25) is 0 Å². The molecule has 0 aliphatic heterocycles. The highest BCUT2D eigenvalue weighted by Gasteiger charge is 2.11. The van der Waals surface area contributed by atoms with Crippen molar-refractivity contribution in [1.29, 1.82) is 0 Å². The molecule has 0 radical (unpaired) electrons. The van der Waals surface area contributed by atoms with E-state index in [0.717, 1.165) is 6.42 Å². The molecule has 3 nitrogen and oxygen atoms in total. The third kappa shape index (κ3) is 3.87. The maximum Gasteiger partial charge on any atom is 0.252 e. The van der Waals surface area contributed by atoms with Gasteiger partial charge in [0.2, 0.25) is 0 Å². The summed E-state index contributed by atoms with van der Waals surface area (Å²) in [6.45, 7) is 2.08. The summed E-state index contributed by atoms with van der Waals surface area (Å²) in [6.07, 6.45) is 1.47. The van der Waals surface area contributed by atoms with E-state index in [2.05, 4.69) is 17.9 Å². The van der Waals surface area contributed by atoms with Crippen molar-refractivity contribution in [1.82, 2.24) is 5.32 Å². The number of aliphatic hydroxyl groups excluding tert-OH is 1. The first-order valence-corrected chi connectivity index (χ1v) is 5.79. The second kappa shape index (κ2) is 6.55. The van der Waals surface area contributed by atoms with Gasteiger partial charge in [0.05, 0.1) is 5.56 Å². The second-order valence-corrected chi connectivity index (χ2v) is 4.24. The summed E-state index contributed by atoms with van der Waals surface area (Å²) >= 11 is 4.23. The van der Waals surface area contributed by atoms with Crippen LogP contribution >= 0.6 is 12.6 Å². The van der Waals surface area contributed by atoms with Crippen LogP contribution in [-0.2, 0) is 0 Å². The molecule has 1 aromatic carbocycles. The molecule has 0 aromatic heterocycles. The number of hydrogen-bond acceptors (Lipinski definition) is 3. The van der Waals surface area contributed by atoms with Gasteiger partial charge in [-0.25, -0.2) is 0 Å². The largest absolute Gasteiger partial charge is 0.396 e. The van der Waals surface area contributed by atoms with Crippen LogP contribution in [0.25, 0.3) is 0 Å². The molecule has 2 N–H and O–H groups in total. The number of hydrogen-bond donors (Lipinski definition) is 3. The third-order valence-corrected chi connectivity index (χ3v) is 2.71. The lowest BCUT2D eigenvalue weighted by molar-refractivity contribution is 0.0933. The quantitative estimate of drug-likeness (QED) is 0.687. The minimum absolute atomic E-state index is 0.0626. The van der Waals surface area contributed by atoms with Crippen LogP contribution < -0.4 is 5.32 Å². The van der Waals surface area contributed by atoms with Gasteiger partial charge in [0.25, 0.3) is 5.91 Å². The van der Waals surface area contributed by atoms with E-state index in [1.54, 1.807) is 12.1 Å². The van der Waals surface area contributed by atoms with Crippen LogP contribution in [0.5, 0.6) is 0 Å². The highest BCUT2D eigenvalue weighted by molar-refractivity contribution is 7.80. The van der Waals surface area contributed by atoms with Crippen LogP contribution in [0, 0.1) is 0 Å². The Kier molecular flexibility index (Phi) is 5.35. The normalized spacial score (nSPS) is 12.2. The van der Waals surface area contributed by atoms with E-state index in [0.29, 0.717) is 16.9 Å². The predicted molar refractivity (Wildman–Crippen MR) is 66.9 cm³/mol. The van der Waals surface area contributed by atoms with Crippen molar-refractivity contribution < 1.29 is 9.90 Å². The van der Waals surface area contributed by atoms with Crippen molar-refractivity contribution in [3.05, 3.63) is 29.8 Å². The lowest BCUT2D eigenvalue weighted by Gasteiger charge is -2.13. The molecule has 0 spiro atoms. The first-order valence-electron chi connectivity index (χ1n) is 5.35. The molecule has 0 aliphatic carbocycles. The maximum atomic E-state index is 11.8. The zero-order chi connectivity index (χ0) is 12.0. The number of rotatable bonds is 5. The van der Waals surface area contributed by atoms with E-state index < -0.39 is 0 Å². The lowest BCUT2D eigenvalue weighted by Crippen LogP contribution is -2.32. The van der Waals surface area contributed by atoms with Crippen molar-refractivity contribution in [3.63, 3.8) is 0 Å². The Morgan fingerprint density at radius 2 is 2.19 bits per heavy atom. The molecule has 1 atom stereocenters. The zero-order valence-electron chi connectivity index (χ0n) is 9.31. The van der Waals surface area contributed by atoms with E-state index in [1.165, 1.54) is 0 Å². The highest BCUT2D eigenvalue weighted by Crippen LogP contribution is 2.12. The van der Waals surface area contributed by atoms with E-state index in [9.17, 15) is 4.79 Å². The van der Waals surface area contributed by atoms with Crippen molar-refractivity contribution >= 4 is 18.5 Å². The Morgan fingerprint density at radius 3 is 2.81 bits per heavy atom. The van der Waals surface area contributed by atoms with Gasteiger partial charge in [-0.1, -0.05) is 12.1 Å². The van der Waals surface area contributed by atoms with Gasteiger partial charge in [0.1, 0.15) is 0 Å². The van der Waals surface area contributed by atoms with Crippen molar-refractivity contribution in [2.75, 3.05) is 6.61 Å². The van der Waals surface area contributed by atoms with E-state index in [1.807, 2.05) is 19.1 Å². The molecule has 1 amide bonds. The number of benzene rings is 1. The van der Waals surface area contributed by atoms with Crippen LogP contribution in [-0.4, -0.2) is 23.7 Å². The van der Waals surface area contributed by atoms with Gasteiger partial charge in [-0.3, -0.25) is 4.79 Å².